The van der Waals surface area contributed by atoms with Crippen molar-refractivity contribution in [3.63, 3.8) is 0 Å². The van der Waals surface area contributed by atoms with Crippen LogP contribution in [0.2, 0.25) is 0 Å². The van der Waals surface area contributed by atoms with Crippen molar-refractivity contribution in [2.45, 2.75) is 64.8 Å². The standard InChI is InChI=1S/C14H32N2O2/c1-6-8-9-16(12(3)7-2)13(11-15)10-14(17-4)18-5/h12-14H,6-11,15H2,1-5H3. The Labute approximate surface area is 113 Å². The molecule has 4 heteroatoms. The molecule has 0 aliphatic heterocycles. The van der Waals surface area contributed by atoms with E-state index in [1.54, 1.807) is 14.2 Å². The lowest BCUT2D eigenvalue weighted by Crippen LogP contribution is -2.48. The molecule has 0 aromatic carbocycles. The Morgan fingerprint density at radius 1 is 1.17 bits per heavy atom. The molecule has 0 amide bonds. The van der Waals surface area contributed by atoms with Crippen molar-refractivity contribution in [3.8, 4) is 0 Å². The van der Waals surface area contributed by atoms with E-state index in [4.69, 9.17) is 15.2 Å². The third-order valence-electron chi connectivity index (χ3n) is 3.66. The van der Waals surface area contributed by atoms with Crippen LogP contribution in [0, 0.1) is 0 Å². The van der Waals surface area contributed by atoms with Crippen LogP contribution in [0.5, 0.6) is 0 Å². The summed E-state index contributed by atoms with van der Waals surface area (Å²) in [5, 5.41) is 0. The molecule has 0 aromatic rings. The summed E-state index contributed by atoms with van der Waals surface area (Å²) >= 11 is 0. The summed E-state index contributed by atoms with van der Waals surface area (Å²) in [4.78, 5) is 2.51. The van der Waals surface area contributed by atoms with Gasteiger partial charge in [0.05, 0.1) is 0 Å². The number of hydrogen-bond donors (Lipinski definition) is 1. The summed E-state index contributed by atoms with van der Waals surface area (Å²) in [6, 6.07) is 0.885. The monoisotopic (exact) mass is 260 g/mol. The highest BCUT2D eigenvalue weighted by molar-refractivity contribution is 4.78. The molecule has 18 heavy (non-hydrogen) atoms. The molecular weight excluding hydrogens is 228 g/mol. The second kappa shape index (κ2) is 10.7. The van der Waals surface area contributed by atoms with Crippen molar-refractivity contribution < 1.29 is 9.47 Å². The van der Waals surface area contributed by atoms with Crippen LogP contribution >= 0.6 is 0 Å². The Bertz CT molecular complexity index is 187. The zero-order valence-electron chi connectivity index (χ0n) is 12.8. The van der Waals surface area contributed by atoms with Crippen molar-refractivity contribution in [2.75, 3.05) is 27.3 Å². The Balaban J connectivity index is 4.57. The first kappa shape index (κ1) is 17.8. The quantitative estimate of drug-likeness (QED) is 0.579. The molecule has 2 N–H and O–H groups in total. The third-order valence-corrected chi connectivity index (χ3v) is 3.66. The molecule has 0 saturated carbocycles. The molecule has 4 nitrogen and oxygen atoms in total. The van der Waals surface area contributed by atoms with E-state index >= 15 is 0 Å². The van der Waals surface area contributed by atoms with Gasteiger partial charge in [-0.05, 0) is 26.3 Å². The fourth-order valence-corrected chi connectivity index (χ4v) is 2.22. The van der Waals surface area contributed by atoms with E-state index in [0.717, 1.165) is 19.4 Å². The Morgan fingerprint density at radius 2 is 1.78 bits per heavy atom. The van der Waals surface area contributed by atoms with E-state index in [2.05, 4.69) is 25.7 Å². The molecule has 0 spiro atoms. The average molecular weight is 260 g/mol. The van der Waals surface area contributed by atoms with E-state index in [1.807, 2.05) is 0 Å². The van der Waals surface area contributed by atoms with Gasteiger partial charge in [-0.25, -0.2) is 0 Å². The second-order valence-electron chi connectivity index (χ2n) is 4.87. The summed E-state index contributed by atoms with van der Waals surface area (Å²) in [5.41, 5.74) is 5.94. The summed E-state index contributed by atoms with van der Waals surface area (Å²) in [6.07, 6.45) is 4.24. The number of unbranched alkanes of at least 4 members (excludes halogenated alkanes) is 1. The molecule has 2 unspecified atom stereocenters. The van der Waals surface area contributed by atoms with E-state index in [0.29, 0.717) is 18.6 Å². The van der Waals surface area contributed by atoms with Crippen LogP contribution in [0.4, 0.5) is 0 Å². The third kappa shape index (κ3) is 6.14. The smallest absolute Gasteiger partial charge is 0.158 e. The molecule has 0 fully saturated rings. The Hall–Kier alpha value is -0.160. The van der Waals surface area contributed by atoms with Gasteiger partial charge >= 0.3 is 0 Å². The molecule has 0 aliphatic carbocycles. The Morgan fingerprint density at radius 3 is 2.17 bits per heavy atom. The first-order valence-corrected chi connectivity index (χ1v) is 7.15. The lowest BCUT2D eigenvalue weighted by atomic mass is 10.1. The minimum Gasteiger partial charge on any atom is -0.356 e. The zero-order valence-corrected chi connectivity index (χ0v) is 12.8. The number of ether oxygens (including phenoxy) is 2. The number of rotatable bonds is 11. The maximum Gasteiger partial charge on any atom is 0.158 e. The maximum absolute atomic E-state index is 5.94. The molecule has 0 radical (unpaired) electrons. The van der Waals surface area contributed by atoms with Gasteiger partial charge in [0.15, 0.2) is 6.29 Å². The van der Waals surface area contributed by atoms with Crippen LogP contribution in [-0.2, 0) is 9.47 Å². The molecule has 0 aliphatic rings. The van der Waals surface area contributed by atoms with Gasteiger partial charge in [-0.3, -0.25) is 4.90 Å². The van der Waals surface area contributed by atoms with Crippen LogP contribution in [-0.4, -0.2) is 50.6 Å². The normalized spacial score (nSPS) is 15.3. The minimum atomic E-state index is -0.160. The predicted octanol–water partition coefficient (Wildman–Crippen LogP) is 2.22. The van der Waals surface area contributed by atoms with Crippen molar-refractivity contribution in [2.24, 2.45) is 5.73 Å². The fourth-order valence-electron chi connectivity index (χ4n) is 2.22. The summed E-state index contributed by atoms with van der Waals surface area (Å²) in [7, 11) is 3.36. The highest BCUT2D eigenvalue weighted by atomic mass is 16.7. The molecule has 0 heterocycles. The van der Waals surface area contributed by atoms with Gasteiger partial charge in [0.2, 0.25) is 0 Å². The summed E-state index contributed by atoms with van der Waals surface area (Å²) < 4.78 is 10.6. The first-order valence-electron chi connectivity index (χ1n) is 7.15. The minimum absolute atomic E-state index is 0.160. The van der Waals surface area contributed by atoms with Gasteiger partial charge in [0, 0.05) is 39.3 Å². The first-order chi connectivity index (χ1) is 8.64. The molecule has 0 rings (SSSR count). The number of nitrogens with zero attached hydrogens (tertiary/aromatic N) is 1. The fraction of sp³-hybridized carbons (Fsp3) is 1.00. The SMILES string of the molecule is CCCCN(C(C)CC)C(CN)CC(OC)OC. The molecule has 0 saturated heterocycles. The predicted molar refractivity (Wildman–Crippen MR) is 76.6 cm³/mol. The van der Waals surface area contributed by atoms with Gasteiger partial charge in [-0.1, -0.05) is 20.3 Å². The van der Waals surface area contributed by atoms with Crippen LogP contribution < -0.4 is 5.73 Å². The lowest BCUT2D eigenvalue weighted by Gasteiger charge is -2.37. The van der Waals surface area contributed by atoms with Crippen molar-refractivity contribution in [1.82, 2.24) is 4.90 Å². The molecule has 110 valence electrons. The van der Waals surface area contributed by atoms with Gasteiger partial charge in [0.25, 0.3) is 0 Å². The number of methoxy groups -OCH3 is 2. The van der Waals surface area contributed by atoms with E-state index in [-0.39, 0.29) is 6.29 Å². The average Bonchev–Trinajstić information content (AvgIpc) is 2.41. The molecule has 2 atom stereocenters. The lowest BCUT2D eigenvalue weighted by molar-refractivity contribution is -0.118. The zero-order chi connectivity index (χ0) is 14.0. The van der Waals surface area contributed by atoms with Gasteiger partial charge in [-0.2, -0.15) is 0 Å². The van der Waals surface area contributed by atoms with Crippen molar-refractivity contribution in [1.29, 1.82) is 0 Å². The van der Waals surface area contributed by atoms with Crippen LogP contribution in [0.3, 0.4) is 0 Å². The molecule has 0 bridgehead atoms. The topological polar surface area (TPSA) is 47.7 Å². The maximum atomic E-state index is 5.94. The second-order valence-corrected chi connectivity index (χ2v) is 4.87. The summed E-state index contributed by atoms with van der Waals surface area (Å²) in [5.74, 6) is 0. The van der Waals surface area contributed by atoms with Gasteiger partial charge in [0.1, 0.15) is 0 Å². The largest absolute Gasteiger partial charge is 0.356 e. The molecule has 0 aromatic heterocycles. The van der Waals surface area contributed by atoms with Gasteiger partial charge < -0.3 is 15.2 Å². The molecular formula is C14H32N2O2. The number of hydrogen-bond acceptors (Lipinski definition) is 4. The highest BCUT2D eigenvalue weighted by Crippen LogP contribution is 2.15. The van der Waals surface area contributed by atoms with Crippen molar-refractivity contribution >= 4 is 0 Å². The summed E-state index contributed by atoms with van der Waals surface area (Å²) in [6.45, 7) is 8.47. The van der Waals surface area contributed by atoms with E-state index in [9.17, 15) is 0 Å². The number of nitrogens with two attached hydrogens (primary N) is 1. The van der Waals surface area contributed by atoms with E-state index < -0.39 is 0 Å². The van der Waals surface area contributed by atoms with Crippen LogP contribution in [0.15, 0.2) is 0 Å². The van der Waals surface area contributed by atoms with Crippen LogP contribution in [0.25, 0.3) is 0 Å². The van der Waals surface area contributed by atoms with Crippen molar-refractivity contribution in [3.05, 3.63) is 0 Å². The van der Waals surface area contributed by atoms with E-state index in [1.165, 1.54) is 12.8 Å². The van der Waals surface area contributed by atoms with Gasteiger partial charge in [-0.15, -0.1) is 0 Å². The van der Waals surface area contributed by atoms with Crippen LogP contribution in [0.1, 0.15) is 46.5 Å². The Kier molecular flexibility index (Phi) is 10.6. The highest BCUT2D eigenvalue weighted by Gasteiger charge is 2.24.